The average molecular weight is 356 g/mol. The van der Waals surface area contributed by atoms with Crippen molar-refractivity contribution in [1.82, 2.24) is 15.2 Å². The van der Waals surface area contributed by atoms with Crippen molar-refractivity contribution in [3.63, 3.8) is 0 Å². The number of anilines is 3. The Morgan fingerprint density at radius 2 is 1.85 bits per heavy atom. The Morgan fingerprint density at radius 3 is 2.62 bits per heavy atom. The van der Waals surface area contributed by atoms with Crippen molar-refractivity contribution in [2.45, 2.75) is 26.2 Å². The van der Waals surface area contributed by atoms with Crippen LogP contribution in [0.2, 0.25) is 0 Å². The predicted molar refractivity (Wildman–Crippen MR) is 105 cm³/mol. The van der Waals surface area contributed by atoms with Crippen molar-refractivity contribution in [3.8, 4) is 5.75 Å². The van der Waals surface area contributed by atoms with E-state index in [0.717, 1.165) is 56.4 Å². The Labute approximate surface area is 155 Å². The molecule has 1 aromatic heterocycles. The molecule has 26 heavy (non-hydrogen) atoms. The van der Waals surface area contributed by atoms with Gasteiger partial charge in [0.1, 0.15) is 5.75 Å². The van der Waals surface area contributed by atoms with Crippen LogP contribution in [0.1, 0.15) is 26.2 Å². The highest BCUT2D eigenvalue weighted by atomic mass is 16.5. The van der Waals surface area contributed by atoms with E-state index in [4.69, 9.17) is 4.74 Å². The van der Waals surface area contributed by atoms with Gasteiger partial charge in [-0.25, -0.2) is 0 Å². The van der Waals surface area contributed by atoms with Gasteiger partial charge in [0.2, 0.25) is 5.95 Å². The van der Waals surface area contributed by atoms with Gasteiger partial charge in [0, 0.05) is 32.7 Å². The maximum absolute atomic E-state index is 5.49. The first kappa shape index (κ1) is 18.2. The molecule has 1 aliphatic rings. The van der Waals surface area contributed by atoms with Crippen molar-refractivity contribution in [1.29, 1.82) is 0 Å². The summed E-state index contributed by atoms with van der Waals surface area (Å²) in [5.74, 6) is 2.42. The molecule has 1 N–H and O–H groups in total. The van der Waals surface area contributed by atoms with Gasteiger partial charge in [0.05, 0.1) is 19.0 Å². The molecule has 1 aromatic carbocycles. The molecule has 0 aliphatic carbocycles. The van der Waals surface area contributed by atoms with Gasteiger partial charge in [-0.15, -0.1) is 5.10 Å². The number of piperazine rings is 1. The third-order valence-corrected chi connectivity index (χ3v) is 4.64. The minimum Gasteiger partial charge on any atom is -0.495 e. The molecular formula is C19H28N6O. The molecular weight excluding hydrogens is 328 g/mol. The molecule has 1 aliphatic heterocycles. The molecule has 0 atom stereocenters. The fourth-order valence-electron chi connectivity index (χ4n) is 3.16. The molecule has 0 radical (unpaired) electrons. The normalized spacial score (nSPS) is 14.4. The minimum absolute atomic E-state index is 0.616. The van der Waals surface area contributed by atoms with Crippen molar-refractivity contribution in [3.05, 3.63) is 30.5 Å². The van der Waals surface area contributed by atoms with Crippen LogP contribution in [0.25, 0.3) is 0 Å². The van der Waals surface area contributed by atoms with Crippen molar-refractivity contribution < 1.29 is 4.74 Å². The summed E-state index contributed by atoms with van der Waals surface area (Å²) in [6.07, 6.45) is 5.29. The van der Waals surface area contributed by atoms with E-state index >= 15 is 0 Å². The number of methoxy groups -OCH3 is 1. The van der Waals surface area contributed by atoms with Gasteiger partial charge in [0.15, 0.2) is 5.82 Å². The van der Waals surface area contributed by atoms with Crippen LogP contribution in [-0.2, 0) is 0 Å². The Morgan fingerprint density at radius 1 is 1.08 bits per heavy atom. The number of aromatic nitrogens is 3. The first-order chi connectivity index (χ1) is 12.8. The van der Waals surface area contributed by atoms with Crippen molar-refractivity contribution >= 4 is 17.5 Å². The topological polar surface area (TPSA) is 66.4 Å². The van der Waals surface area contributed by atoms with E-state index in [1.165, 1.54) is 12.8 Å². The van der Waals surface area contributed by atoms with Gasteiger partial charge >= 0.3 is 0 Å². The van der Waals surface area contributed by atoms with E-state index in [0.29, 0.717) is 5.95 Å². The number of para-hydroxylation sites is 2. The molecule has 140 valence electrons. The van der Waals surface area contributed by atoms with E-state index in [2.05, 4.69) is 49.4 Å². The lowest BCUT2D eigenvalue weighted by Crippen LogP contribution is -2.47. The van der Waals surface area contributed by atoms with Gasteiger partial charge in [0.25, 0.3) is 0 Å². The van der Waals surface area contributed by atoms with E-state index in [-0.39, 0.29) is 0 Å². The van der Waals surface area contributed by atoms with E-state index in [1.807, 2.05) is 12.1 Å². The van der Waals surface area contributed by atoms with E-state index in [9.17, 15) is 0 Å². The zero-order valence-corrected chi connectivity index (χ0v) is 15.7. The number of ether oxygens (including phenoxy) is 1. The molecule has 3 rings (SSSR count). The molecule has 2 heterocycles. The van der Waals surface area contributed by atoms with Gasteiger partial charge in [-0.3, -0.25) is 0 Å². The Balaban J connectivity index is 1.58. The average Bonchev–Trinajstić information content (AvgIpc) is 2.71. The van der Waals surface area contributed by atoms with Gasteiger partial charge in [-0.1, -0.05) is 31.9 Å². The fraction of sp³-hybridized carbons (Fsp3) is 0.526. The SMILES string of the molecule is CCCCCNc1nncc(N2CCN(c3ccccc3OC)CC2)n1. The molecule has 0 unspecified atom stereocenters. The third-order valence-electron chi connectivity index (χ3n) is 4.64. The zero-order valence-electron chi connectivity index (χ0n) is 15.7. The number of benzene rings is 1. The summed E-state index contributed by atoms with van der Waals surface area (Å²) in [5, 5.41) is 11.5. The Kier molecular flexibility index (Phi) is 6.46. The lowest BCUT2D eigenvalue weighted by molar-refractivity contribution is 0.413. The zero-order chi connectivity index (χ0) is 18.2. The summed E-state index contributed by atoms with van der Waals surface area (Å²) in [4.78, 5) is 9.24. The van der Waals surface area contributed by atoms with Crippen LogP contribution in [0, 0.1) is 0 Å². The van der Waals surface area contributed by atoms with Crippen LogP contribution in [0.5, 0.6) is 5.75 Å². The molecule has 7 nitrogen and oxygen atoms in total. The largest absolute Gasteiger partial charge is 0.495 e. The van der Waals surface area contributed by atoms with Gasteiger partial charge in [-0.2, -0.15) is 10.1 Å². The summed E-state index contributed by atoms with van der Waals surface area (Å²) in [6.45, 7) is 6.72. The lowest BCUT2D eigenvalue weighted by atomic mass is 10.2. The summed E-state index contributed by atoms with van der Waals surface area (Å²) in [5.41, 5.74) is 1.15. The number of nitrogens with one attached hydrogen (secondary N) is 1. The van der Waals surface area contributed by atoms with Crippen LogP contribution in [0.4, 0.5) is 17.5 Å². The molecule has 2 aromatic rings. The smallest absolute Gasteiger partial charge is 0.244 e. The molecule has 1 fully saturated rings. The van der Waals surface area contributed by atoms with Crippen LogP contribution in [-0.4, -0.2) is 55.0 Å². The third kappa shape index (κ3) is 4.53. The van der Waals surface area contributed by atoms with Crippen molar-refractivity contribution in [2.24, 2.45) is 0 Å². The maximum Gasteiger partial charge on any atom is 0.244 e. The molecule has 0 saturated carbocycles. The summed E-state index contributed by atoms with van der Waals surface area (Å²) < 4.78 is 5.49. The second-order valence-corrected chi connectivity index (χ2v) is 6.42. The first-order valence-electron chi connectivity index (χ1n) is 9.38. The van der Waals surface area contributed by atoms with Crippen molar-refractivity contribution in [2.75, 3.05) is 55.0 Å². The van der Waals surface area contributed by atoms with Crippen LogP contribution < -0.4 is 19.9 Å². The number of hydrogen-bond donors (Lipinski definition) is 1. The predicted octanol–water partition coefficient (Wildman–Crippen LogP) is 2.81. The molecule has 0 spiro atoms. The summed E-state index contributed by atoms with van der Waals surface area (Å²) >= 11 is 0. The molecule has 1 saturated heterocycles. The quantitative estimate of drug-likeness (QED) is 0.730. The summed E-state index contributed by atoms with van der Waals surface area (Å²) in [6, 6.07) is 8.17. The number of unbranched alkanes of at least 4 members (excludes halogenated alkanes) is 2. The molecule has 0 amide bonds. The number of hydrogen-bond acceptors (Lipinski definition) is 7. The Hall–Kier alpha value is -2.57. The van der Waals surface area contributed by atoms with Crippen LogP contribution in [0.3, 0.4) is 0 Å². The minimum atomic E-state index is 0.616. The lowest BCUT2D eigenvalue weighted by Gasteiger charge is -2.37. The van der Waals surface area contributed by atoms with Gasteiger partial charge < -0.3 is 19.9 Å². The fourth-order valence-corrected chi connectivity index (χ4v) is 3.16. The maximum atomic E-state index is 5.49. The standard InChI is InChI=1S/C19H28N6O/c1-3-4-7-10-20-19-22-18(15-21-23-19)25-13-11-24(12-14-25)16-8-5-6-9-17(16)26-2/h5-6,8-9,15H,3-4,7,10-14H2,1-2H3,(H,20,22,23). The number of rotatable bonds is 8. The van der Waals surface area contributed by atoms with Crippen LogP contribution in [0.15, 0.2) is 30.5 Å². The highest BCUT2D eigenvalue weighted by molar-refractivity contribution is 5.59. The summed E-state index contributed by atoms with van der Waals surface area (Å²) in [7, 11) is 1.72. The number of nitrogens with zero attached hydrogens (tertiary/aromatic N) is 5. The monoisotopic (exact) mass is 356 g/mol. The molecule has 7 heteroatoms. The molecule has 0 bridgehead atoms. The first-order valence-corrected chi connectivity index (χ1v) is 9.38. The van der Waals surface area contributed by atoms with E-state index in [1.54, 1.807) is 13.3 Å². The highest BCUT2D eigenvalue weighted by Gasteiger charge is 2.21. The Bertz CT molecular complexity index is 687. The highest BCUT2D eigenvalue weighted by Crippen LogP contribution is 2.28. The van der Waals surface area contributed by atoms with Crippen LogP contribution >= 0.6 is 0 Å². The second-order valence-electron chi connectivity index (χ2n) is 6.42. The van der Waals surface area contributed by atoms with E-state index < -0.39 is 0 Å². The second kappa shape index (κ2) is 9.22. The van der Waals surface area contributed by atoms with Gasteiger partial charge in [-0.05, 0) is 18.6 Å².